The van der Waals surface area contributed by atoms with E-state index in [1.165, 1.54) is 6.20 Å². The van der Waals surface area contributed by atoms with Crippen molar-refractivity contribution < 1.29 is 19.7 Å². The molecule has 1 unspecified atom stereocenters. The van der Waals surface area contributed by atoms with Gasteiger partial charge in [0, 0.05) is 49.5 Å². The Morgan fingerprint density at radius 1 is 1.20 bits per heavy atom. The minimum atomic E-state index is -0.488. The number of para-hydroxylation sites is 1. The lowest BCUT2D eigenvalue weighted by Gasteiger charge is -2.32. The van der Waals surface area contributed by atoms with E-state index in [0.29, 0.717) is 30.3 Å². The molecule has 4 aromatic rings. The van der Waals surface area contributed by atoms with Crippen molar-refractivity contribution in [2.45, 2.75) is 37.5 Å². The van der Waals surface area contributed by atoms with E-state index in [1.54, 1.807) is 4.52 Å². The molecule has 2 aliphatic rings. The molecule has 3 aromatic heterocycles. The van der Waals surface area contributed by atoms with Crippen LogP contribution in [-0.2, 0) is 4.74 Å². The van der Waals surface area contributed by atoms with E-state index < -0.39 is 6.10 Å². The highest BCUT2D eigenvalue weighted by molar-refractivity contribution is 6.01. The molecule has 0 radical (unpaired) electrons. The Kier molecular flexibility index (Phi) is 6.42. The third-order valence-electron chi connectivity index (χ3n) is 6.84. The van der Waals surface area contributed by atoms with Gasteiger partial charge in [-0.3, -0.25) is 4.79 Å². The van der Waals surface area contributed by atoms with E-state index >= 15 is 0 Å². The number of carbonyl (C=O) groups is 1. The smallest absolute Gasteiger partial charge is 0.257 e. The van der Waals surface area contributed by atoms with Gasteiger partial charge >= 0.3 is 0 Å². The van der Waals surface area contributed by atoms with Gasteiger partial charge < -0.3 is 30.2 Å². The molecular weight excluding hydrogens is 448 g/mol. The maximum Gasteiger partial charge on any atom is 0.257 e. The number of aromatic nitrogens is 4. The number of amides is 1. The number of benzene rings is 1. The lowest BCUT2D eigenvalue weighted by Crippen LogP contribution is -2.50. The molecule has 4 N–H and O–H groups in total. The van der Waals surface area contributed by atoms with E-state index in [9.17, 15) is 9.90 Å². The Labute approximate surface area is 202 Å². The normalized spacial score (nSPS) is 21.4. The molecule has 10 nitrogen and oxygen atoms in total. The highest BCUT2D eigenvalue weighted by atomic mass is 16.5. The Morgan fingerprint density at radius 2 is 2.03 bits per heavy atom. The van der Waals surface area contributed by atoms with E-state index in [4.69, 9.17) is 14.8 Å². The number of ether oxygens (including phenoxy) is 1. The number of carbonyl (C=O) groups excluding carboxylic acids is 1. The van der Waals surface area contributed by atoms with Gasteiger partial charge in [0.05, 0.1) is 36.7 Å². The second kappa shape index (κ2) is 9.65. The van der Waals surface area contributed by atoms with Gasteiger partial charge in [-0.25, -0.2) is 4.98 Å². The summed E-state index contributed by atoms with van der Waals surface area (Å²) in [6, 6.07) is 10.3. The van der Waals surface area contributed by atoms with Crippen molar-refractivity contribution in [2.75, 3.05) is 32.7 Å². The van der Waals surface area contributed by atoms with Gasteiger partial charge in [-0.1, -0.05) is 18.2 Å². The number of hydrogen-bond donors (Lipinski definition) is 4. The molecule has 1 saturated carbocycles. The Morgan fingerprint density at radius 3 is 2.71 bits per heavy atom. The molecule has 1 aromatic carbocycles. The maximum absolute atomic E-state index is 13.0. The van der Waals surface area contributed by atoms with Gasteiger partial charge in [0.15, 0.2) is 5.65 Å². The predicted octanol–water partition coefficient (Wildman–Crippen LogP) is 2.22. The molecule has 184 valence electrons. The Bertz CT molecular complexity index is 1360. The van der Waals surface area contributed by atoms with Crippen molar-refractivity contribution in [1.29, 1.82) is 0 Å². The van der Waals surface area contributed by atoms with Crippen molar-refractivity contribution in [1.82, 2.24) is 24.5 Å². The van der Waals surface area contributed by atoms with Crippen LogP contribution in [0.25, 0.3) is 27.8 Å². The molecule has 35 heavy (non-hydrogen) atoms. The van der Waals surface area contributed by atoms with Crippen molar-refractivity contribution in [2.24, 2.45) is 0 Å². The molecule has 1 amide bonds. The topological polar surface area (TPSA) is 126 Å². The molecule has 6 rings (SSSR count). The average Bonchev–Trinajstić information content (AvgIpc) is 3.65. The fourth-order valence-corrected chi connectivity index (χ4v) is 4.79. The minimum absolute atomic E-state index is 0.217. The van der Waals surface area contributed by atoms with E-state index in [1.807, 2.05) is 25.2 Å². The second-order valence-electron chi connectivity index (χ2n) is 8.78. The van der Waals surface area contributed by atoms with Gasteiger partial charge in [0.2, 0.25) is 0 Å². The number of rotatable bonds is 5. The van der Waals surface area contributed by atoms with Crippen LogP contribution in [0, 0.1) is 0 Å². The van der Waals surface area contributed by atoms with Crippen LogP contribution in [0.4, 0.5) is 5.82 Å². The van der Waals surface area contributed by atoms with Crippen molar-refractivity contribution in [3.63, 3.8) is 0 Å². The third kappa shape index (κ3) is 4.03. The van der Waals surface area contributed by atoms with Crippen LogP contribution >= 0.6 is 0 Å². The predicted molar refractivity (Wildman–Crippen MR) is 133 cm³/mol. The first kappa shape index (κ1) is 23.3. The van der Waals surface area contributed by atoms with Gasteiger partial charge in [0.25, 0.3) is 5.91 Å². The summed E-state index contributed by atoms with van der Waals surface area (Å²) in [7, 11) is 2.82. The molecule has 2 fully saturated rings. The summed E-state index contributed by atoms with van der Waals surface area (Å²) in [5, 5.41) is 28.4. The Balaban J connectivity index is 0.00000124. The van der Waals surface area contributed by atoms with Gasteiger partial charge in [-0.05, 0) is 25.3 Å². The van der Waals surface area contributed by atoms with E-state index in [0.717, 1.165) is 54.5 Å². The monoisotopic (exact) mass is 478 g/mol. The zero-order valence-electron chi connectivity index (χ0n) is 19.8. The minimum Gasteiger partial charge on any atom is -0.400 e. The first-order chi connectivity index (χ1) is 17.1. The Hall–Kier alpha value is -3.47. The number of anilines is 1. The zero-order chi connectivity index (χ0) is 24.5. The molecule has 1 aliphatic carbocycles. The number of aliphatic hydroxyl groups is 2. The number of nitrogens with one attached hydrogen (secondary N) is 2. The third-order valence-corrected chi connectivity index (χ3v) is 6.84. The first-order valence-corrected chi connectivity index (χ1v) is 11.8. The molecular formula is C25H30N6O4. The SMILES string of the molecule is CNc1cc(-c2cn(C3CCOC3)c3ccccc23)nc2c(C(=O)N[C@H]3CC[C@H]3O)cnn12.CO. The summed E-state index contributed by atoms with van der Waals surface area (Å²) in [5.74, 6) is 0.463. The lowest BCUT2D eigenvalue weighted by atomic mass is 9.89. The molecule has 1 aliphatic heterocycles. The second-order valence-corrected chi connectivity index (χ2v) is 8.78. The van der Waals surface area contributed by atoms with Gasteiger partial charge in [-0.15, -0.1) is 0 Å². The maximum atomic E-state index is 13.0. The van der Waals surface area contributed by atoms with E-state index in [-0.39, 0.29) is 11.9 Å². The summed E-state index contributed by atoms with van der Waals surface area (Å²) in [6.45, 7) is 1.47. The van der Waals surface area contributed by atoms with Crippen LogP contribution in [0.3, 0.4) is 0 Å². The molecule has 10 heteroatoms. The van der Waals surface area contributed by atoms with Crippen molar-refractivity contribution >= 4 is 28.3 Å². The highest BCUT2D eigenvalue weighted by Gasteiger charge is 2.31. The van der Waals surface area contributed by atoms with Crippen LogP contribution in [0.2, 0.25) is 0 Å². The quantitative estimate of drug-likeness (QED) is 0.347. The van der Waals surface area contributed by atoms with Crippen molar-refractivity contribution in [3.05, 3.63) is 48.3 Å². The van der Waals surface area contributed by atoms with Gasteiger partial charge in [-0.2, -0.15) is 9.61 Å². The van der Waals surface area contributed by atoms with E-state index in [2.05, 4.69) is 38.6 Å². The van der Waals surface area contributed by atoms with Crippen LogP contribution in [0.5, 0.6) is 0 Å². The fourth-order valence-electron chi connectivity index (χ4n) is 4.79. The molecule has 0 spiro atoms. The van der Waals surface area contributed by atoms with Crippen LogP contribution in [0.15, 0.2) is 42.7 Å². The fraction of sp³-hybridized carbons (Fsp3) is 0.400. The van der Waals surface area contributed by atoms with Crippen molar-refractivity contribution in [3.8, 4) is 11.3 Å². The van der Waals surface area contributed by atoms with Crippen LogP contribution in [-0.4, -0.2) is 74.8 Å². The summed E-state index contributed by atoms with van der Waals surface area (Å²) in [5.41, 5.74) is 3.77. The summed E-state index contributed by atoms with van der Waals surface area (Å²) < 4.78 is 9.55. The summed E-state index contributed by atoms with van der Waals surface area (Å²) >= 11 is 0. The molecule has 3 atom stereocenters. The first-order valence-electron chi connectivity index (χ1n) is 11.8. The number of fused-ring (bicyclic) bond motifs is 2. The largest absolute Gasteiger partial charge is 0.400 e. The lowest BCUT2D eigenvalue weighted by molar-refractivity contribution is 0.0448. The zero-order valence-corrected chi connectivity index (χ0v) is 19.8. The number of nitrogens with zero attached hydrogens (tertiary/aromatic N) is 4. The molecule has 4 heterocycles. The molecule has 1 saturated heterocycles. The summed E-state index contributed by atoms with van der Waals surface area (Å²) in [4.78, 5) is 17.8. The highest BCUT2D eigenvalue weighted by Crippen LogP contribution is 2.35. The number of aliphatic hydroxyl groups excluding tert-OH is 2. The van der Waals surface area contributed by atoms with Crippen LogP contribution < -0.4 is 10.6 Å². The standard InChI is InChI=1S/C24H26N6O3.CH4O/c1-25-22-10-19(17-12-29(14-8-9-33-13-14)20-5-3-2-4-15(17)20)27-23-16(11-26-30(22)23)24(32)28-18-6-7-21(18)31;1-2/h2-5,10-12,14,18,21,25,31H,6-9,13H2,1H3,(H,28,32);2H,1H3/t14?,18-,21+;/m0./s1. The average molecular weight is 479 g/mol. The molecule has 0 bridgehead atoms. The van der Waals surface area contributed by atoms with Crippen LogP contribution in [0.1, 0.15) is 35.7 Å². The number of hydrogen-bond acceptors (Lipinski definition) is 7. The van der Waals surface area contributed by atoms with Gasteiger partial charge in [0.1, 0.15) is 11.4 Å². The summed E-state index contributed by atoms with van der Waals surface area (Å²) in [6.07, 6.45) is 5.65.